The van der Waals surface area contributed by atoms with Crippen LogP contribution in [0.15, 0.2) is 0 Å². The van der Waals surface area contributed by atoms with Crippen molar-refractivity contribution in [3.05, 3.63) is 0 Å². The number of hydrogen-bond donors (Lipinski definition) is 3. The van der Waals surface area contributed by atoms with Gasteiger partial charge in [0.25, 0.3) is 0 Å². The summed E-state index contributed by atoms with van der Waals surface area (Å²) < 4.78 is 0. The standard InChI is InChI=1S/C15H25N3O3S/c1-9(2)13(20)17-10-3-5-15(6-4-10)8-18(14(15)21)11(7-22)12(16)19/h9-11,22H,3-8H2,1-2H3,(H2,16,19)(H,17,20). The molecule has 1 spiro atoms. The summed E-state index contributed by atoms with van der Waals surface area (Å²) in [5.74, 6) is -0.200. The van der Waals surface area contributed by atoms with Gasteiger partial charge in [-0.2, -0.15) is 12.6 Å². The Kier molecular flexibility index (Phi) is 5.04. The monoisotopic (exact) mass is 327 g/mol. The summed E-state index contributed by atoms with van der Waals surface area (Å²) in [5, 5.41) is 3.03. The number of carbonyl (C=O) groups is 3. The molecule has 2 rings (SSSR count). The third-order valence-electron chi connectivity index (χ3n) is 4.88. The first-order chi connectivity index (χ1) is 10.3. The van der Waals surface area contributed by atoms with Crippen molar-refractivity contribution in [3.8, 4) is 0 Å². The van der Waals surface area contributed by atoms with Gasteiger partial charge in [0.1, 0.15) is 6.04 Å². The number of β-lactam (4-membered cyclic amide) rings is 1. The molecule has 2 fully saturated rings. The predicted octanol–water partition coefficient (Wildman–Crippen LogP) is 0.314. The lowest BCUT2D eigenvalue weighted by atomic mass is 9.66. The first-order valence-corrected chi connectivity index (χ1v) is 8.45. The Morgan fingerprint density at radius 3 is 2.41 bits per heavy atom. The molecule has 0 aromatic heterocycles. The maximum absolute atomic E-state index is 12.5. The minimum Gasteiger partial charge on any atom is -0.368 e. The summed E-state index contributed by atoms with van der Waals surface area (Å²) in [6.07, 6.45) is 3.12. The summed E-state index contributed by atoms with van der Waals surface area (Å²) in [4.78, 5) is 37.1. The van der Waals surface area contributed by atoms with Gasteiger partial charge in [0.15, 0.2) is 0 Å². The highest BCUT2D eigenvalue weighted by Crippen LogP contribution is 2.45. The third-order valence-corrected chi connectivity index (χ3v) is 5.22. The molecule has 3 N–H and O–H groups in total. The second-order valence-corrected chi connectivity index (χ2v) is 7.12. The molecule has 1 heterocycles. The van der Waals surface area contributed by atoms with E-state index >= 15 is 0 Å². The molecule has 1 unspecified atom stereocenters. The van der Waals surface area contributed by atoms with Crippen molar-refractivity contribution < 1.29 is 14.4 Å². The van der Waals surface area contributed by atoms with Gasteiger partial charge in [-0.3, -0.25) is 14.4 Å². The van der Waals surface area contributed by atoms with Crippen LogP contribution in [-0.4, -0.2) is 47.0 Å². The van der Waals surface area contributed by atoms with Crippen LogP contribution in [0.3, 0.4) is 0 Å². The largest absolute Gasteiger partial charge is 0.368 e. The van der Waals surface area contributed by atoms with Gasteiger partial charge in [0, 0.05) is 24.3 Å². The predicted molar refractivity (Wildman–Crippen MR) is 86.2 cm³/mol. The molecule has 0 aromatic carbocycles. The van der Waals surface area contributed by atoms with Crippen LogP contribution in [0.4, 0.5) is 0 Å². The molecular formula is C15H25N3O3S. The second-order valence-electron chi connectivity index (χ2n) is 6.75. The van der Waals surface area contributed by atoms with Crippen LogP contribution in [0.2, 0.25) is 0 Å². The van der Waals surface area contributed by atoms with Crippen molar-refractivity contribution in [3.63, 3.8) is 0 Å². The van der Waals surface area contributed by atoms with Crippen LogP contribution >= 0.6 is 12.6 Å². The van der Waals surface area contributed by atoms with Crippen LogP contribution in [0.1, 0.15) is 39.5 Å². The molecule has 1 atom stereocenters. The van der Waals surface area contributed by atoms with Gasteiger partial charge in [-0.1, -0.05) is 13.8 Å². The maximum atomic E-state index is 12.5. The molecule has 1 aliphatic heterocycles. The highest BCUT2D eigenvalue weighted by Gasteiger charge is 2.55. The molecule has 0 bridgehead atoms. The minimum absolute atomic E-state index is 0.0130. The number of primary amides is 1. The Labute approximate surface area is 136 Å². The summed E-state index contributed by atoms with van der Waals surface area (Å²) in [7, 11) is 0. The molecule has 7 heteroatoms. The van der Waals surface area contributed by atoms with E-state index in [-0.39, 0.29) is 34.9 Å². The van der Waals surface area contributed by atoms with E-state index in [1.165, 1.54) is 0 Å². The van der Waals surface area contributed by atoms with Crippen molar-refractivity contribution in [2.75, 3.05) is 12.3 Å². The van der Waals surface area contributed by atoms with Gasteiger partial charge in [-0.15, -0.1) is 0 Å². The van der Waals surface area contributed by atoms with E-state index in [4.69, 9.17) is 5.73 Å². The molecule has 0 radical (unpaired) electrons. The van der Waals surface area contributed by atoms with E-state index in [2.05, 4.69) is 17.9 Å². The molecule has 124 valence electrons. The Morgan fingerprint density at radius 1 is 1.41 bits per heavy atom. The SMILES string of the molecule is CC(C)C(=O)NC1CCC2(CC1)CN(C(CS)C(N)=O)C2=O. The molecule has 22 heavy (non-hydrogen) atoms. The van der Waals surface area contributed by atoms with Crippen LogP contribution in [-0.2, 0) is 14.4 Å². The van der Waals surface area contributed by atoms with E-state index in [1.807, 2.05) is 13.8 Å². The Hall–Kier alpha value is -1.24. The van der Waals surface area contributed by atoms with Gasteiger partial charge in [-0.05, 0) is 25.7 Å². The number of rotatable bonds is 5. The van der Waals surface area contributed by atoms with Crippen molar-refractivity contribution in [1.29, 1.82) is 0 Å². The number of hydrogen-bond acceptors (Lipinski definition) is 4. The van der Waals surface area contributed by atoms with E-state index < -0.39 is 11.9 Å². The highest BCUT2D eigenvalue weighted by molar-refractivity contribution is 7.80. The lowest BCUT2D eigenvalue weighted by Gasteiger charge is -2.53. The van der Waals surface area contributed by atoms with Gasteiger partial charge >= 0.3 is 0 Å². The number of amides is 3. The number of thiol groups is 1. The number of nitrogens with zero attached hydrogens (tertiary/aromatic N) is 1. The minimum atomic E-state index is -0.611. The van der Waals surface area contributed by atoms with E-state index in [9.17, 15) is 14.4 Å². The molecule has 1 saturated carbocycles. The zero-order valence-electron chi connectivity index (χ0n) is 13.2. The highest BCUT2D eigenvalue weighted by atomic mass is 32.1. The van der Waals surface area contributed by atoms with Crippen molar-refractivity contribution in [1.82, 2.24) is 10.2 Å². The van der Waals surface area contributed by atoms with E-state index in [0.29, 0.717) is 6.54 Å². The van der Waals surface area contributed by atoms with E-state index in [1.54, 1.807) is 4.90 Å². The molecular weight excluding hydrogens is 302 g/mol. The van der Waals surface area contributed by atoms with Gasteiger partial charge in [0.05, 0.1) is 5.41 Å². The molecule has 1 aliphatic carbocycles. The van der Waals surface area contributed by atoms with Crippen LogP contribution in [0.5, 0.6) is 0 Å². The number of nitrogens with two attached hydrogens (primary N) is 1. The fourth-order valence-electron chi connectivity index (χ4n) is 3.33. The Bertz CT molecular complexity index is 473. The molecule has 1 saturated heterocycles. The average Bonchev–Trinajstić information content (AvgIpc) is 2.48. The van der Waals surface area contributed by atoms with Crippen molar-refractivity contribution in [2.45, 2.75) is 51.6 Å². The van der Waals surface area contributed by atoms with Crippen LogP contribution in [0.25, 0.3) is 0 Å². The maximum Gasteiger partial charge on any atom is 0.241 e. The first kappa shape index (κ1) is 17.1. The number of nitrogens with one attached hydrogen (secondary N) is 1. The first-order valence-electron chi connectivity index (χ1n) is 7.82. The van der Waals surface area contributed by atoms with Crippen molar-refractivity contribution >= 4 is 30.4 Å². The van der Waals surface area contributed by atoms with Gasteiger partial charge < -0.3 is 16.0 Å². The summed E-state index contributed by atoms with van der Waals surface area (Å²) >= 11 is 4.10. The summed E-state index contributed by atoms with van der Waals surface area (Å²) in [6, 6.07) is -0.459. The molecule has 3 amide bonds. The topological polar surface area (TPSA) is 92.5 Å². The summed E-state index contributed by atoms with van der Waals surface area (Å²) in [6.45, 7) is 4.31. The fourth-order valence-corrected chi connectivity index (χ4v) is 3.70. The smallest absolute Gasteiger partial charge is 0.241 e. The molecule has 0 aromatic rings. The Morgan fingerprint density at radius 2 is 2.00 bits per heavy atom. The molecule has 6 nitrogen and oxygen atoms in total. The zero-order chi connectivity index (χ0) is 16.5. The lowest BCUT2D eigenvalue weighted by molar-refractivity contribution is -0.170. The van der Waals surface area contributed by atoms with Gasteiger partial charge in [0.2, 0.25) is 17.7 Å². The molecule has 2 aliphatic rings. The van der Waals surface area contributed by atoms with E-state index in [0.717, 1.165) is 25.7 Å². The van der Waals surface area contributed by atoms with Gasteiger partial charge in [-0.25, -0.2) is 0 Å². The third kappa shape index (κ3) is 3.09. The zero-order valence-corrected chi connectivity index (χ0v) is 14.1. The Balaban J connectivity index is 1.89. The number of carbonyl (C=O) groups excluding carboxylic acids is 3. The summed E-state index contributed by atoms with van der Waals surface area (Å²) in [5.41, 5.74) is 4.96. The average molecular weight is 327 g/mol. The lowest BCUT2D eigenvalue weighted by Crippen LogP contribution is -2.68. The second kappa shape index (κ2) is 6.48. The quantitative estimate of drug-likeness (QED) is 0.501. The van der Waals surface area contributed by atoms with Crippen LogP contribution < -0.4 is 11.1 Å². The van der Waals surface area contributed by atoms with Crippen molar-refractivity contribution in [2.24, 2.45) is 17.1 Å². The van der Waals surface area contributed by atoms with Crippen LogP contribution in [0, 0.1) is 11.3 Å². The fraction of sp³-hybridized carbons (Fsp3) is 0.800. The number of likely N-dealkylation sites (tertiary alicyclic amines) is 1. The normalized spacial score (nSPS) is 29.4.